The maximum absolute atomic E-state index is 12.7. The van der Waals surface area contributed by atoms with E-state index in [1.54, 1.807) is 11.8 Å². The molecule has 2 heterocycles. The van der Waals surface area contributed by atoms with Gasteiger partial charge in [0.2, 0.25) is 11.8 Å². The Morgan fingerprint density at radius 3 is 2.77 bits per heavy atom. The van der Waals surface area contributed by atoms with Crippen molar-refractivity contribution in [2.75, 3.05) is 36.9 Å². The minimum atomic E-state index is -0.0157. The Morgan fingerprint density at radius 1 is 1.27 bits per heavy atom. The molecule has 0 aromatic carbocycles. The Labute approximate surface area is 147 Å². The normalized spacial score (nSPS) is 25.2. The minimum Gasteiger partial charge on any atom is -0.354 e. The van der Waals surface area contributed by atoms with Crippen LogP contribution in [0.4, 0.5) is 0 Å². The second-order valence-corrected chi connectivity index (χ2v) is 7.92. The minimum absolute atomic E-state index is 0. The first kappa shape index (κ1) is 19.9. The molecule has 2 fully saturated rings. The fourth-order valence-electron chi connectivity index (χ4n) is 2.77. The lowest BCUT2D eigenvalue weighted by atomic mass is 10.0. The van der Waals surface area contributed by atoms with Crippen molar-refractivity contribution in [3.8, 4) is 0 Å². The molecule has 5 nitrogen and oxygen atoms in total. The van der Waals surface area contributed by atoms with E-state index in [0.717, 1.165) is 43.1 Å². The van der Waals surface area contributed by atoms with Crippen molar-refractivity contribution in [1.82, 2.24) is 10.2 Å². The molecule has 3 N–H and O–H groups in total. The van der Waals surface area contributed by atoms with Crippen molar-refractivity contribution in [2.24, 2.45) is 5.73 Å². The number of thioether (sulfide) groups is 2. The zero-order valence-electron chi connectivity index (χ0n) is 12.8. The number of rotatable bonds is 5. The number of piperidine rings is 1. The Bertz CT molecular complexity index is 368. The molecule has 2 aliphatic heterocycles. The molecule has 0 aromatic rings. The predicted octanol–water partition coefficient (Wildman–Crippen LogP) is 1.10. The molecule has 0 aliphatic carbocycles. The molecular weight excluding hydrogens is 342 g/mol. The van der Waals surface area contributed by atoms with Crippen LogP contribution in [0.2, 0.25) is 0 Å². The standard InChI is InChI=1S/C14H25N3O2S2.ClH/c15-5-4-13(18)16-9-11-3-1-2-6-17(11)14(19)12-10-20-7-8-21-12;/h11-12H,1-10,15H2,(H,16,18);1H. The quantitative estimate of drug-likeness (QED) is 0.761. The van der Waals surface area contributed by atoms with E-state index >= 15 is 0 Å². The maximum Gasteiger partial charge on any atom is 0.236 e. The molecule has 2 rings (SSSR count). The van der Waals surface area contributed by atoms with E-state index in [1.165, 1.54) is 0 Å². The molecule has 2 atom stereocenters. The maximum atomic E-state index is 12.7. The molecule has 8 heteroatoms. The lowest BCUT2D eigenvalue weighted by Gasteiger charge is -2.38. The highest BCUT2D eigenvalue weighted by molar-refractivity contribution is 8.07. The molecule has 0 aromatic heterocycles. The topological polar surface area (TPSA) is 75.4 Å². The van der Waals surface area contributed by atoms with Crippen molar-refractivity contribution < 1.29 is 9.59 Å². The SMILES string of the molecule is Cl.NCCC(=O)NCC1CCCCN1C(=O)C1CSCCS1. The summed E-state index contributed by atoms with van der Waals surface area (Å²) in [5.74, 6) is 3.38. The van der Waals surface area contributed by atoms with Crippen LogP contribution in [0.1, 0.15) is 25.7 Å². The summed E-state index contributed by atoms with van der Waals surface area (Å²) in [5, 5.41) is 3.02. The number of carbonyl (C=O) groups is 2. The Morgan fingerprint density at radius 2 is 2.09 bits per heavy atom. The third-order valence-electron chi connectivity index (χ3n) is 3.91. The van der Waals surface area contributed by atoms with Gasteiger partial charge in [-0.1, -0.05) is 0 Å². The molecular formula is C14H26ClN3O2S2. The number of hydrogen-bond donors (Lipinski definition) is 2. The molecule has 0 bridgehead atoms. The van der Waals surface area contributed by atoms with E-state index < -0.39 is 0 Å². The van der Waals surface area contributed by atoms with Gasteiger partial charge in [-0.25, -0.2) is 0 Å². The van der Waals surface area contributed by atoms with Gasteiger partial charge < -0.3 is 16.0 Å². The second-order valence-electron chi connectivity index (χ2n) is 5.46. The summed E-state index contributed by atoms with van der Waals surface area (Å²) in [7, 11) is 0. The number of hydrogen-bond acceptors (Lipinski definition) is 5. The molecule has 2 unspecified atom stereocenters. The number of nitrogens with zero attached hydrogens (tertiary/aromatic N) is 1. The first-order valence-corrected chi connectivity index (χ1v) is 9.89. The Kier molecular flexibility index (Phi) is 9.63. The monoisotopic (exact) mass is 367 g/mol. The van der Waals surface area contributed by atoms with Crippen molar-refractivity contribution in [1.29, 1.82) is 0 Å². The van der Waals surface area contributed by atoms with Crippen LogP contribution in [0, 0.1) is 0 Å². The van der Waals surface area contributed by atoms with Gasteiger partial charge >= 0.3 is 0 Å². The van der Waals surface area contributed by atoms with Gasteiger partial charge in [0, 0.05) is 49.4 Å². The Hall–Kier alpha value is -0.110. The van der Waals surface area contributed by atoms with Crippen molar-refractivity contribution in [2.45, 2.75) is 37.0 Å². The van der Waals surface area contributed by atoms with Gasteiger partial charge in [-0.15, -0.1) is 24.2 Å². The van der Waals surface area contributed by atoms with Crippen LogP contribution >= 0.6 is 35.9 Å². The zero-order valence-corrected chi connectivity index (χ0v) is 15.2. The fraction of sp³-hybridized carbons (Fsp3) is 0.857. The molecule has 0 spiro atoms. The Balaban J connectivity index is 0.00000242. The molecule has 128 valence electrons. The molecule has 2 saturated heterocycles. The highest BCUT2D eigenvalue weighted by Gasteiger charge is 2.32. The van der Waals surface area contributed by atoms with Crippen molar-refractivity contribution in [3.05, 3.63) is 0 Å². The number of nitrogens with one attached hydrogen (secondary N) is 1. The lowest BCUT2D eigenvalue weighted by Crippen LogP contribution is -2.52. The van der Waals surface area contributed by atoms with Gasteiger partial charge in [-0.2, -0.15) is 11.8 Å². The van der Waals surface area contributed by atoms with E-state index in [0.29, 0.717) is 19.5 Å². The van der Waals surface area contributed by atoms with Crippen molar-refractivity contribution in [3.63, 3.8) is 0 Å². The van der Waals surface area contributed by atoms with Crippen LogP contribution in [0.5, 0.6) is 0 Å². The number of amides is 2. The van der Waals surface area contributed by atoms with Crippen LogP contribution in [-0.2, 0) is 9.59 Å². The van der Waals surface area contributed by atoms with Crippen LogP contribution in [0.3, 0.4) is 0 Å². The van der Waals surface area contributed by atoms with E-state index in [-0.39, 0.29) is 35.5 Å². The van der Waals surface area contributed by atoms with Gasteiger partial charge in [0.1, 0.15) is 0 Å². The van der Waals surface area contributed by atoms with Crippen LogP contribution < -0.4 is 11.1 Å². The van der Waals surface area contributed by atoms with Crippen LogP contribution in [0.25, 0.3) is 0 Å². The van der Waals surface area contributed by atoms with Gasteiger partial charge in [0.15, 0.2) is 0 Å². The van der Waals surface area contributed by atoms with Gasteiger partial charge in [0.25, 0.3) is 0 Å². The number of likely N-dealkylation sites (tertiary alicyclic amines) is 1. The third kappa shape index (κ3) is 5.83. The number of carbonyl (C=O) groups excluding carboxylic acids is 2. The number of halogens is 1. The first-order valence-electron chi connectivity index (χ1n) is 7.69. The predicted molar refractivity (Wildman–Crippen MR) is 96.9 cm³/mol. The largest absolute Gasteiger partial charge is 0.354 e. The summed E-state index contributed by atoms with van der Waals surface area (Å²) in [6.45, 7) is 1.77. The van der Waals surface area contributed by atoms with Gasteiger partial charge in [-0.3, -0.25) is 9.59 Å². The first-order chi connectivity index (χ1) is 10.2. The average molecular weight is 368 g/mol. The summed E-state index contributed by atoms with van der Waals surface area (Å²) in [6, 6.07) is 0.153. The van der Waals surface area contributed by atoms with Crippen LogP contribution in [-0.4, -0.2) is 64.9 Å². The molecule has 0 radical (unpaired) electrons. The molecule has 2 aliphatic rings. The van der Waals surface area contributed by atoms with E-state index in [1.807, 2.05) is 16.7 Å². The van der Waals surface area contributed by atoms with E-state index in [2.05, 4.69) is 5.32 Å². The lowest BCUT2D eigenvalue weighted by molar-refractivity contribution is -0.134. The van der Waals surface area contributed by atoms with Gasteiger partial charge in [0.05, 0.1) is 5.25 Å². The van der Waals surface area contributed by atoms with E-state index in [4.69, 9.17) is 5.73 Å². The number of nitrogens with two attached hydrogens (primary N) is 1. The molecule has 22 heavy (non-hydrogen) atoms. The van der Waals surface area contributed by atoms with Crippen LogP contribution in [0.15, 0.2) is 0 Å². The van der Waals surface area contributed by atoms with Crippen molar-refractivity contribution >= 4 is 47.7 Å². The molecule has 2 amide bonds. The summed E-state index contributed by atoms with van der Waals surface area (Å²) in [4.78, 5) is 26.3. The molecule has 0 saturated carbocycles. The highest BCUT2D eigenvalue weighted by Crippen LogP contribution is 2.28. The second kappa shape index (κ2) is 10.6. The smallest absolute Gasteiger partial charge is 0.236 e. The van der Waals surface area contributed by atoms with Gasteiger partial charge in [-0.05, 0) is 19.3 Å². The fourth-order valence-corrected chi connectivity index (χ4v) is 5.39. The summed E-state index contributed by atoms with van der Waals surface area (Å²) < 4.78 is 0. The summed E-state index contributed by atoms with van der Waals surface area (Å²) >= 11 is 3.65. The summed E-state index contributed by atoms with van der Waals surface area (Å²) in [6.07, 6.45) is 3.55. The average Bonchev–Trinajstić information content (AvgIpc) is 2.54. The highest BCUT2D eigenvalue weighted by atomic mass is 35.5. The summed E-state index contributed by atoms with van der Waals surface area (Å²) in [5.41, 5.74) is 5.38. The third-order valence-corrected chi connectivity index (χ3v) is 6.65. The zero-order chi connectivity index (χ0) is 15.1. The van der Waals surface area contributed by atoms with E-state index in [9.17, 15) is 9.59 Å².